The Balaban J connectivity index is 1.94. The summed E-state index contributed by atoms with van der Waals surface area (Å²) in [7, 11) is -3.83. The van der Waals surface area contributed by atoms with Gasteiger partial charge in [-0.2, -0.15) is 4.98 Å². The van der Waals surface area contributed by atoms with Gasteiger partial charge in [-0.25, -0.2) is 24.0 Å². The molecule has 0 spiro atoms. The molecule has 0 bridgehead atoms. The number of fused-ring (bicyclic) bond motifs is 1. The predicted octanol–water partition coefficient (Wildman–Crippen LogP) is 0.456. The number of anilines is 1. The fraction of sp³-hybridized carbons (Fsp3) is 0.200. The summed E-state index contributed by atoms with van der Waals surface area (Å²) in [5.74, 6) is 6.31. The summed E-state index contributed by atoms with van der Waals surface area (Å²) >= 11 is 1.30. The maximum Gasteiger partial charge on any atom is 0.260 e. The summed E-state index contributed by atoms with van der Waals surface area (Å²) in [6.07, 6.45) is 3.13. The van der Waals surface area contributed by atoms with Crippen LogP contribution in [0.25, 0.3) is 4.96 Å². The number of rotatable bonds is 5. The van der Waals surface area contributed by atoms with Crippen molar-refractivity contribution < 1.29 is 12.8 Å². The van der Waals surface area contributed by atoms with Gasteiger partial charge in [0, 0.05) is 11.6 Å². The van der Waals surface area contributed by atoms with E-state index in [1.165, 1.54) is 21.9 Å². The Morgan fingerprint density at radius 1 is 1.52 bits per heavy atom. The van der Waals surface area contributed by atoms with E-state index in [1.807, 2.05) is 0 Å². The van der Waals surface area contributed by atoms with Gasteiger partial charge in [-0.15, -0.1) is 11.3 Å². The van der Waals surface area contributed by atoms with Crippen molar-refractivity contribution >= 4 is 32.1 Å². The maximum atomic E-state index is 12.4. The van der Waals surface area contributed by atoms with Gasteiger partial charge in [0.25, 0.3) is 10.0 Å². The minimum Gasteiger partial charge on any atom is -0.445 e. The molecule has 0 unspecified atom stereocenters. The van der Waals surface area contributed by atoms with E-state index in [0.29, 0.717) is 10.7 Å². The largest absolute Gasteiger partial charge is 0.445 e. The molecule has 9 nitrogen and oxygen atoms in total. The molecule has 0 aromatic carbocycles. The van der Waals surface area contributed by atoms with Crippen LogP contribution in [0.4, 0.5) is 5.82 Å². The van der Waals surface area contributed by atoms with Gasteiger partial charge in [0.15, 0.2) is 10.8 Å². The molecule has 0 aliphatic rings. The summed E-state index contributed by atoms with van der Waals surface area (Å²) < 4.78 is 34.0. The molecule has 0 saturated heterocycles. The van der Waals surface area contributed by atoms with Crippen LogP contribution >= 0.6 is 11.3 Å². The van der Waals surface area contributed by atoms with Gasteiger partial charge in [0.1, 0.15) is 5.76 Å². The zero-order chi connectivity index (χ0) is 15.0. The van der Waals surface area contributed by atoms with Gasteiger partial charge >= 0.3 is 0 Å². The minimum absolute atomic E-state index is 0.0514. The highest BCUT2D eigenvalue weighted by Crippen LogP contribution is 2.24. The Hall–Kier alpha value is -1.95. The van der Waals surface area contributed by atoms with E-state index in [0.717, 1.165) is 0 Å². The normalized spacial score (nSPS) is 12.1. The fourth-order valence-corrected chi connectivity index (χ4v) is 3.81. The molecule has 3 aromatic rings. The number of hydrazine groups is 1. The zero-order valence-corrected chi connectivity index (χ0v) is 12.5. The van der Waals surface area contributed by atoms with E-state index in [9.17, 15) is 8.42 Å². The van der Waals surface area contributed by atoms with Crippen LogP contribution in [-0.4, -0.2) is 22.8 Å². The number of thiazole rings is 1. The van der Waals surface area contributed by atoms with E-state index in [-0.39, 0.29) is 23.3 Å². The lowest BCUT2D eigenvalue weighted by Gasteiger charge is -2.05. The third-order valence-electron chi connectivity index (χ3n) is 2.69. The monoisotopic (exact) mass is 328 g/mol. The number of nitrogens with one attached hydrogen (secondary N) is 2. The molecular formula is C10H12N6O3S2. The van der Waals surface area contributed by atoms with Crippen LogP contribution in [0.3, 0.4) is 0 Å². The molecule has 21 heavy (non-hydrogen) atoms. The second-order valence-corrected chi connectivity index (χ2v) is 6.71. The van der Waals surface area contributed by atoms with Crippen molar-refractivity contribution in [3.05, 3.63) is 29.4 Å². The number of aromatic nitrogens is 3. The standard InChI is InChI=1S/C10H12N6O3S2/c1-6-4-12-7(19-6)5-13-21(17,18)9-8(15-11)14-10-16(9)2-3-20-10/h2-4,13,15H,5,11H2,1H3. The number of hydrogen-bond acceptors (Lipinski definition) is 8. The highest BCUT2D eigenvalue weighted by atomic mass is 32.2. The third-order valence-corrected chi connectivity index (χ3v) is 4.87. The van der Waals surface area contributed by atoms with E-state index in [1.54, 1.807) is 18.5 Å². The molecular weight excluding hydrogens is 316 g/mol. The van der Waals surface area contributed by atoms with E-state index in [4.69, 9.17) is 10.3 Å². The molecule has 3 aromatic heterocycles. The number of imidazole rings is 1. The van der Waals surface area contributed by atoms with Crippen LogP contribution in [-0.2, 0) is 16.6 Å². The van der Waals surface area contributed by atoms with Gasteiger partial charge in [0.2, 0.25) is 10.9 Å². The summed E-state index contributed by atoms with van der Waals surface area (Å²) in [6.45, 7) is 1.67. The minimum atomic E-state index is -3.83. The molecule has 11 heteroatoms. The van der Waals surface area contributed by atoms with Crippen molar-refractivity contribution in [2.24, 2.45) is 5.84 Å². The average Bonchev–Trinajstić information content (AvgIpc) is 3.10. The molecule has 0 aliphatic heterocycles. The van der Waals surface area contributed by atoms with Gasteiger partial charge < -0.3 is 9.84 Å². The number of hydrogen-bond donors (Lipinski definition) is 3. The second-order valence-electron chi connectivity index (χ2n) is 4.15. The Morgan fingerprint density at radius 3 is 3.00 bits per heavy atom. The Kier molecular flexibility index (Phi) is 3.41. The van der Waals surface area contributed by atoms with E-state index >= 15 is 0 Å². The Bertz CT molecular complexity index is 878. The summed E-state index contributed by atoms with van der Waals surface area (Å²) in [6, 6.07) is 0. The van der Waals surface area contributed by atoms with Gasteiger partial charge in [0.05, 0.1) is 12.7 Å². The molecule has 0 atom stereocenters. The molecule has 3 rings (SSSR count). The van der Waals surface area contributed by atoms with Gasteiger partial charge in [-0.3, -0.25) is 4.40 Å². The highest BCUT2D eigenvalue weighted by molar-refractivity contribution is 7.89. The molecule has 0 aliphatic carbocycles. The second kappa shape index (κ2) is 5.11. The first kappa shape index (κ1) is 14.0. The van der Waals surface area contributed by atoms with Crippen LogP contribution < -0.4 is 16.0 Å². The molecule has 112 valence electrons. The molecule has 0 radical (unpaired) electrons. The quantitative estimate of drug-likeness (QED) is 0.458. The summed E-state index contributed by atoms with van der Waals surface area (Å²) in [4.78, 5) is 8.57. The van der Waals surface area contributed by atoms with Crippen molar-refractivity contribution in [3.63, 3.8) is 0 Å². The van der Waals surface area contributed by atoms with Crippen molar-refractivity contribution in [1.82, 2.24) is 19.1 Å². The first-order valence-corrected chi connectivity index (χ1v) is 8.20. The molecule has 3 heterocycles. The Morgan fingerprint density at radius 2 is 2.33 bits per heavy atom. The molecule has 4 N–H and O–H groups in total. The van der Waals surface area contributed by atoms with Crippen LogP contribution in [0.5, 0.6) is 0 Å². The summed E-state index contributed by atoms with van der Waals surface area (Å²) in [5, 5.41) is 1.68. The van der Waals surface area contributed by atoms with Crippen molar-refractivity contribution in [1.29, 1.82) is 0 Å². The average molecular weight is 328 g/mol. The number of nitrogens with two attached hydrogens (primary N) is 1. The Labute approximate surface area is 123 Å². The molecule has 0 amide bonds. The SMILES string of the molecule is Cc1cnc(CNS(=O)(=O)c2c(NN)nc3sccn23)o1. The van der Waals surface area contributed by atoms with Crippen molar-refractivity contribution in [3.8, 4) is 0 Å². The van der Waals surface area contributed by atoms with Crippen LogP contribution in [0.15, 0.2) is 27.2 Å². The maximum absolute atomic E-state index is 12.4. The zero-order valence-electron chi connectivity index (χ0n) is 10.9. The smallest absolute Gasteiger partial charge is 0.260 e. The third kappa shape index (κ3) is 2.51. The fourth-order valence-electron chi connectivity index (χ4n) is 1.82. The number of oxazole rings is 1. The van der Waals surface area contributed by atoms with Crippen LogP contribution in [0, 0.1) is 6.92 Å². The van der Waals surface area contributed by atoms with E-state index < -0.39 is 10.0 Å². The van der Waals surface area contributed by atoms with Crippen molar-refractivity contribution in [2.45, 2.75) is 18.5 Å². The lowest BCUT2D eigenvalue weighted by atomic mass is 10.6. The first-order valence-electron chi connectivity index (χ1n) is 5.84. The topological polar surface area (TPSA) is 128 Å². The number of nitrogens with zero attached hydrogens (tertiary/aromatic N) is 3. The molecule has 0 saturated carbocycles. The number of sulfonamides is 1. The summed E-state index contributed by atoms with van der Waals surface area (Å²) in [5.41, 5.74) is 2.30. The highest BCUT2D eigenvalue weighted by Gasteiger charge is 2.25. The van der Waals surface area contributed by atoms with Crippen LogP contribution in [0.1, 0.15) is 11.7 Å². The van der Waals surface area contributed by atoms with Gasteiger partial charge in [-0.1, -0.05) is 0 Å². The van der Waals surface area contributed by atoms with E-state index in [2.05, 4.69) is 20.1 Å². The van der Waals surface area contributed by atoms with Crippen molar-refractivity contribution in [2.75, 3.05) is 5.43 Å². The van der Waals surface area contributed by atoms with Gasteiger partial charge in [-0.05, 0) is 6.92 Å². The predicted molar refractivity (Wildman–Crippen MR) is 76.1 cm³/mol. The molecule has 0 fully saturated rings. The number of aryl methyl sites for hydroxylation is 1. The van der Waals surface area contributed by atoms with Crippen LogP contribution in [0.2, 0.25) is 0 Å². The number of nitrogen functional groups attached to an aromatic ring is 1. The first-order chi connectivity index (χ1) is 10.0. The lowest BCUT2D eigenvalue weighted by Crippen LogP contribution is -2.26. The lowest BCUT2D eigenvalue weighted by molar-refractivity contribution is 0.463.